The third-order valence-corrected chi connectivity index (χ3v) is 4.65. The van der Waals surface area contributed by atoms with Gasteiger partial charge in [0.25, 0.3) is 0 Å². The lowest BCUT2D eigenvalue weighted by Crippen LogP contribution is -2.08. The number of carboxylic acids is 1. The van der Waals surface area contributed by atoms with Crippen LogP contribution in [0.2, 0.25) is 0 Å². The van der Waals surface area contributed by atoms with Gasteiger partial charge in [0.15, 0.2) is 9.84 Å². The Morgan fingerprint density at radius 2 is 2.17 bits per heavy atom. The Balaban J connectivity index is 2.65. The molecule has 1 heterocycles. The van der Waals surface area contributed by atoms with E-state index < -0.39 is 15.8 Å². The van der Waals surface area contributed by atoms with Gasteiger partial charge in [-0.1, -0.05) is 6.92 Å². The third-order valence-electron chi connectivity index (χ3n) is 2.94. The van der Waals surface area contributed by atoms with Crippen LogP contribution < -0.4 is 4.74 Å². The largest absolute Gasteiger partial charge is 0.489 e. The number of ether oxygens (including phenoxy) is 1. The van der Waals surface area contributed by atoms with Crippen molar-refractivity contribution >= 4 is 15.8 Å². The van der Waals surface area contributed by atoms with E-state index in [0.717, 1.165) is 0 Å². The SMILES string of the molecule is CCS(=O)(=O)c1cc2c(c(C(=O)O)c1)OC(C)C2. The van der Waals surface area contributed by atoms with Crippen molar-refractivity contribution in [1.29, 1.82) is 0 Å². The zero-order valence-corrected chi connectivity index (χ0v) is 11.0. The summed E-state index contributed by atoms with van der Waals surface area (Å²) in [6, 6.07) is 2.70. The second kappa shape index (κ2) is 4.28. The molecule has 0 bridgehead atoms. The number of carbonyl (C=O) groups is 1. The van der Waals surface area contributed by atoms with Crippen molar-refractivity contribution in [2.75, 3.05) is 5.75 Å². The average Bonchev–Trinajstić information content (AvgIpc) is 2.67. The fourth-order valence-corrected chi connectivity index (χ4v) is 2.96. The van der Waals surface area contributed by atoms with Crippen LogP contribution in [0.4, 0.5) is 0 Å². The van der Waals surface area contributed by atoms with Crippen molar-refractivity contribution in [1.82, 2.24) is 0 Å². The number of hydrogen-bond acceptors (Lipinski definition) is 4. The van der Waals surface area contributed by atoms with Crippen LogP contribution in [0.1, 0.15) is 29.8 Å². The molecule has 0 spiro atoms. The van der Waals surface area contributed by atoms with Gasteiger partial charge in [0.2, 0.25) is 0 Å². The van der Waals surface area contributed by atoms with Crippen molar-refractivity contribution in [3.8, 4) is 5.75 Å². The van der Waals surface area contributed by atoms with Crippen LogP contribution >= 0.6 is 0 Å². The fourth-order valence-electron chi connectivity index (χ4n) is 2.01. The highest BCUT2D eigenvalue weighted by Gasteiger charge is 2.28. The van der Waals surface area contributed by atoms with Gasteiger partial charge < -0.3 is 9.84 Å². The molecule has 0 aromatic heterocycles. The number of carboxylic acid groups (broad SMARTS) is 1. The standard InChI is InChI=1S/C12H14O5S/c1-3-18(15,16)9-5-8-4-7(2)17-11(8)10(6-9)12(13)14/h5-7H,3-4H2,1-2H3,(H,13,14). The maximum absolute atomic E-state index is 11.8. The van der Waals surface area contributed by atoms with Gasteiger partial charge in [-0.2, -0.15) is 0 Å². The molecule has 1 aliphatic heterocycles. The molecule has 1 aromatic rings. The van der Waals surface area contributed by atoms with Gasteiger partial charge >= 0.3 is 5.97 Å². The third kappa shape index (κ3) is 2.08. The van der Waals surface area contributed by atoms with Crippen LogP contribution in [0.3, 0.4) is 0 Å². The first kappa shape index (κ1) is 12.9. The van der Waals surface area contributed by atoms with E-state index in [0.29, 0.717) is 17.7 Å². The van der Waals surface area contributed by atoms with Crippen LogP contribution in [0.15, 0.2) is 17.0 Å². The molecule has 0 saturated carbocycles. The van der Waals surface area contributed by atoms with Crippen molar-refractivity contribution in [3.05, 3.63) is 23.3 Å². The molecule has 0 aliphatic carbocycles. The van der Waals surface area contributed by atoms with Crippen LogP contribution in [-0.4, -0.2) is 31.4 Å². The average molecular weight is 270 g/mol. The molecule has 1 aliphatic rings. The molecule has 5 nitrogen and oxygen atoms in total. The van der Waals surface area contributed by atoms with E-state index in [-0.39, 0.29) is 22.3 Å². The molecule has 18 heavy (non-hydrogen) atoms. The lowest BCUT2D eigenvalue weighted by atomic mass is 10.1. The maximum atomic E-state index is 11.8. The number of rotatable bonds is 3. The molecular formula is C12H14O5S. The van der Waals surface area contributed by atoms with Crippen molar-refractivity contribution < 1.29 is 23.1 Å². The van der Waals surface area contributed by atoms with E-state index in [9.17, 15) is 13.2 Å². The van der Waals surface area contributed by atoms with E-state index >= 15 is 0 Å². The normalized spacial score (nSPS) is 18.2. The summed E-state index contributed by atoms with van der Waals surface area (Å²) >= 11 is 0. The number of sulfone groups is 1. The van der Waals surface area contributed by atoms with Gasteiger partial charge in [-0.05, 0) is 24.6 Å². The number of fused-ring (bicyclic) bond motifs is 1. The summed E-state index contributed by atoms with van der Waals surface area (Å²) in [4.78, 5) is 11.2. The highest BCUT2D eigenvalue weighted by molar-refractivity contribution is 7.91. The van der Waals surface area contributed by atoms with Crippen molar-refractivity contribution in [3.63, 3.8) is 0 Å². The first-order chi connectivity index (χ1) is 8.35. The number of aromatic carboxylic acids is 1. The molecule has 0 amide bonds. The predicted molar refractivity (Wildman–Crippen MR) is 64.9 cm³/mol. The van der Waals surface area contributed by atoms with E-state index in [2.05, 4.69) is 0 Å². The molecule has 0 radical (unpaired) electrons. The maximum Gasteiger partial charge on any atom is 0.339 e. The molecule has 1 unspecified atom stereocenters. The molecule has 1 N–H and O–H groups in total. The molecule has 2 rings (SSSR count). The van der Waals surface area contributed by atoms with E-state index in [1.807, 2.05) is 6.92 Å². The van der Waals surface area contributed by atoms with Crippen LogP contribution in [-0.2, 0) is 16.3 Å². The zero-order valence-electron chi connectivity index (χ0n) is 10.1. The minimum Gasteiger partial charge on any atom is -0.489 e. The summed E-state index contributed by atoms with van der Waals surface area (Å²) in [7, 11) is -3.41. The molecule has 1 aromatic carbocycles. The predicted octanol–water partition coefficient (Wildman–Crippen LogP) is 1.50. The van der Waals surface area contributed by atoms with Crippen LogP contribution in [0, 0.1) is 0 Å². The molecule has 98 valence electrons. The van der Waals surface area contributed by atoms with Crippen LogP contribution in [0.5, 0.6) is 5.75 Å². The van der Waals surface area contributed by atoms with Crippen LogP contribution in [0.25, 0.3) is 0 Å². The van der Waals surface area contributed by atoms with E-state index in [1.165, 1.54) is 19.1 Å². The summed E-state index contributed by atoms with van der Waals surface area (Å²) in [5.41, 5.74) is 0.568. The second-order valence-corrected chi connectivity index (χ2v) is 6.58. The van der Waals surface area contributed by atoms with Crippen molar-refractivity contribution in [2.24, 2.45) is 0 Å². The van der Waals surface area contributed by atoms with Gasteiger partial charge in [0.05, 0.1) is 10.6 Å². The fraction of sp³-hybridized carbons (Fsp3) is 0.417. The van der Waals surface area contributed by atoms with Gasteiger partial charge in [-0.15, -0.1) is 0 Å². The second-order valence-electron chi connectivity index (χ2n) is 4.30. The summed E-state index contributed by atoms with van der Waals surface area (Å²) in [6.45, 7) is 3.35. The Labute approximate surface area is 105 Å². The Morgan fingerprint density at radius 1 is 1.50 bits per heavy atom. The van der Waals surface area contributed by atoms with Gasteiger partial charge in [0, 0.05) is 6.42 Å². The first-order valence-corrected chi connectivity index (χ1v) is 7.30. The Bertz CT molecular complexity index is 603. The highest BCUT2D eigenvalue weighted by Crippen LogP contribution is 2.35. The monoisotopic (exact) mass is 270 g/mol. The topological polar surface area (TPSA) is 80.7 Å². The summed E-state index contributed by atoms with van der Waals surface area (Å²) < 4.78 is 29.1. The van der Waals surface area contributed by atoms with E-state index in [1.54, 1.807) is 0 Å². The Hall–Kier alpha value is -1.56. The summed E-state index contributed by atoms with van der Waals surface area (Å²) in [5.74, 6) is -0.931. The smallest absolute Gasteiger partial charge is 0.339 e. The molecule has 0 saturated heterocycles. The lowest BCUT2D eigenvalue weighted by molar-refractivity contribution is 0.0691. The minimum atomic E-state index is -3.41. The highest BCUT2D eigenvalue weighted by atomic mass is 32.2. The molecule has 1 atom stereocenters. The number of benzene rings is 1. The van der Waals surface area contributed by atoms with E-state index in [4.69, 9.17) is 9.84 Å². The molecular weight excluding hydrogens is 256 g/mol. The van der Waals surface area contributed by atoms with Gasteiger partial charge in [0.1, 0.15) is 17.4 Å². The lowest BCUT2D eigenvalue weighted by Gasteiger charge is -2.08. The molecule has 0 fully saturated rings. The summed E-state index contributed by atoms with van der Waals surface area (Å²) in [6.07, 6.45) is 0.403. The number of hydrogen-bond donors (Lipinski definition) is 1. The van der Waals surface area contributed by atoms with Crippen molar-refractivity contribution in [2.45, 2.75) is 31.3 Å². The van der Waals surface area contributed by atoms with Gasteiger partial charge in [-0.25, -0.2) is 13.2 Å². The Kier molecular flexibility index (Phi) is 3.06. The zero-order chi connectivity index (χ0) is 13.5. The van der Waals surface area contributed by atoms with Gasteiger partial charge in [-0.3, -0.25) is 0 Å². The summed E-state index contributed by atoms with van der Waals surface area (Å²) in [5, 5.41) is 9.12. The quantitative estimate of drug-likeness (QED) is 0.900. The Morgan fingerprint density at radius 3 is 2.72 bits per heavy atom. The minimum absolute atomic E-state index is 0.0543. The first-order valence-electron chi connectivity index (χ1n) is 5.64. The molecule has 6 heteroatoms.